The van der Waals surface area contributed by atoms with Gasteiger partial charge in [-0.3, -0.25) is 14.9 Å². The zero-order chi connectivity index (χ0) is 22.1. The van der Waals surface area contributed by atoms with Crippen molar-refractivity contribution in [1.29, 1.82) is 0 Å². The molecule has 0 spiro atoms. The number of aromatic nitrogens is 3. The van der Waals surface area contributed by atoms with Gasteiger partial charge in [-0.05, 0) is 25.1 Å². The smallest absolute Gasteiger partial charge is 0.276 e. The zero-order valence-corrected chi connectivity index (χ0v) is 18.0. The average Bonchev–Trinajstić information content (AvgIpc) is 3.14. The molecule has 160 valence electrons. The van der Waals surface area contributed by atoms with Gasteiger partial charge in [0.2, 0.25) is 0 Å². The Morgan fingerprint density at radius 2 is 1.74 bits per heavy atom. The summed E-state index contributed by atoms with van der Waals surface area (Å²) in [6.45, 7) is 3.79. The molecule has 0 N–H and O–H groups in total. The number of amides is 1. The Hall–Kier alpha value is -3.17. The number of non-ortho nitro benzene ring substituents is 1. The van der Waals surface area contributed by atoms with Gasteiger partial charge in [0.05, 0.1) is 32.0 Å². The summed E-state index contributed by atoms with van der Waals surface area (Å²) >= 11 is 12.5. The topological polar surface area (TPSA) is 97.4 Å². The van der Waals surface area contributed by atoms with E-state index in [-0.39, 0.29) is 17.3 Å². The third-order valence-electron chi connectivity index (χ3n) is 5.23. The molecule has 1 aliphatic heterocycles. The number of para-hydroxylation sites is 1. The maximum absolute atomic E-state index is 13.0. The summed E-state index contributed by atoms with van der Waals surface area (Å²) in [5.74, 6) is -0.203. The third kappa shape index (κ3) is 4.06. The first-order valence-electron chi connectivity index (χ1n) is 9.52. The van der Waals surface area contributed by atoms with E-state index in [1.165, 1.54) is 12.1 Å². The predicted molar refractivity (Wildman–Crippen MR) is 117 cm³/mol. The van der Waals surface area contributed by atoms with Crippen LogP contribution in [0.4, 0.5) is 11.4 Å². The van der Waals surface area contributed by atoms with E-state index in [2.05, 4.69) is 10.3 Å². The van der Waals surface area contributed by atoms with Crippen LogP contribution in [0.3, 0.4) is 0 Å². The number of nitrogens with zero attached hydrogens (tertiary/aromatic N) is 6. The quantitative estimate of drug-likeness (QED) is 0.434. The molecule has 1 aliphatic rings. The van der Waals surface area contributed by atoms with E-state index in [0.29, 0.717) is 53.3 Å². The minimum atomic E-state index is -0.482. The van der Waals surface area contributed by atoms with Crippen molar-refractivity contribution in [3.05, 3.63) is 74.0 Å². The number of nitro groups is 1. The SMILES string of the molecule is Cc1c(C(=O)N2CCN(c3ccc([N+](=O)[O-])cc3Cl)CC2)nnn1-c1ccccc1Cl. The van der Waals surface area contributed by atoms with Crippen LogP contribution >= 0.6 is 23.2 Å². The first-order chi connectivity index (χ1) is 14.9. The molecule has 1 fully saturated rings. The lowest BCUT2D eigenvalue weighted by molar-refractivity contribution is -0.384. The fraction of sp³-hybridized carbons (Fsp3) is 0.250. The molecule has 1 amide bonds. The van der Waals surface area contributed by atoms with Crippen molar-refractivity contribution < 1.29 is 9.72 Å². The van der Waals surface area contributed by atoms with Crippen molar-refractivity contribution in [2.24, 2.45) is 0 Å². The van der Waals surface area contributed by atoms with Gasteiger partial charge in [-0.2, -0.15) is 0 Å². The van der Waals surface area contributed by atoms with E-state index in [0.717, 1.165) is 0 Å². The lowest BCUT2D eigenvalue weighted by Crippen LogP contribution is -2.49. The van der Waals surface area contributed by atoms with Crippen LogP contribution in [0, 0.1) is 17.0 Å². The van der Waals surface area contributed by atoms with Gasteiger partial charge in [-0.25, -0.2) is 4.68 Å². The second-order valence-electron chi connectivity index (χ2n) is 7.06. The van der Waals surface area contributed by atoms with Crippen molar-refractivity contribution >= 4 is 40.5 Å². The van der Waals surface area contributed by atoms with Crippen LogP contribution in [0.15, 0.2) is 42.5 Å². The number of carbonyl (C=O) groups excluding carboxylic acids is 1. The fourth-order valence-corrected chi connectivity index (χ4v) is 4.06. The molecule has 0 bridgehead atoms. The molecule has 0 unspecified atom stereocenters. The zero-order valence-electron chi connectivity index (χ0n) is 16.5. The maximum Gasteiger partial charge on any atom is 0.276 e. The van der Waals surface area contributed by atoms with Crippen LogP contribution in [0.25, 0.3) is 5.69 Å². The summed E-state index contributed by atoms with van der Waals surface area (Å²) in [4.78, 5) is 27.2. The molecule has 0 aliphatic carbocycles. The van der Waals surface area contributed by atoms with Gasteiger partial charge in [0.25, 0.3) is 11.6 Å². The molecule has 0 saturated carbocycles. The molecule has 1 aromatic heterocycles. The van der Waals surface area contributed by atoms with E-state index >= 15 is 0 Å². The Bertz CT molecular complexity index is 1160. The number of hydrogen-bond acceptors (Lipinski definition) is 6. The van der Waals surface area contributed by atoms with Gasteiger partial charge in [0.1, 0.15) is 0 Å². The van der Waals surface area contributed by atoms with Crippen molar-refractivity contribution in [1.82, 2.24) is 19.9 Å². The van der Waals surface area contributed by atoms with Crippen molar-refractivity contribution in [3.8, 4) is 5.69 Å². The van der Waals surface area contributed by atoms with E-state index in [1.807, 2.05) is 23.1 Å². The van der Waals surface area contributed by atoms with E-state index in [1.54, 1.807) is 28.6 Å². The number of nitro benzene ring substituents is 1. The summed E-state index contributed by atoms with van der Waals surface area (Å²) in [7, 11) is 0. The Balaban J connectivity index is 1.47. The normalized spacial score (nSPS) is 14.0. The first-order valence-corrected chi connectivity index (χ1v) is 10.3. The molecule has 31 heavy (non-hydrogen) atoms. The largest absolute Gasteiger partial charge is 0.367 e. The second-order valence-corrected chi connectivity index (χ2v) is 7.87. The van der Waals surface area contributed by atoms with Crippen LogP contribution in [-0.2, 0) is 0 Å². The highest BCUT2D eigenvalue weighted by atomic mass is 35.5. The molecule has 2 aromatic carbocycles. The molecule has 4 rings (SSSR count). The average molecular weight is 461 g/mol. The monoisotopic (exact) mass is 460 g/mol. The van der Waals surface area contributed by atoms with E-state index in [9.17, 15) is 14.9 Å². The summed E-state index contributed by atoms with van der Waals surface area (Å²) in [6.07, 6.45) is 0. The van der Waals surface area contributed by atoms with Crippen molar-refractivity contribution in [2.75, 3.05) is 31.1 Å². The predicted octanol–water partition coefficient (Wildman–Crippen LogP) is 3.75. The van der Waals surface area contributed by atoms with Gasteiger partial charge in [0.15, 0.2) is 5.69 Å². The Morgan fingerprint density at radius 3 is 2.39 bits per heavy atom. The van der Waals surface area contributed by atoms with Crippen LogP contribution in [0.5, 0.6) is 0 Å². The third-order valence-corrected chi connectivity index (χ3v) is 5.85. The number of anilines is 1. The summed E-state index contributed by atoms with van der Waals surface area (Å²) in [6, 6.07) is 11.6. The van der Waals surface area contributed by atoms with Gasteiger partial charge in [0, 0.05) is 38.3 Å². The minimum absolute atomic E-state index is 0.0559. The van der Waals surface area contributed by atoms with Crippen LogP contribution in [-0.4, -0.2) is 56.9 Å². The van der Waals surface area contributed by atoms with E-state index in [4.69, 9.17) is 23.2 Å². The Labute approximate surface area is 187 Å². The number of rotatable bonds is 4. The molecule has 0 atom stereocenters. The molecule has 2 heterocycles. The van der Waals surface area contributed by atoms with Gasteiger partial charge in [-0.1, -0.05) is 40.5 Å². The number of halogens is 2. The molecule has 9 nitrogen and oxygen atoms in total. The minimum Gasteiger partial charge on any atom is -0.367 e. The summed E-state index contributed by atoms with van der Waals surface area (Å²) < 4.78 is 1.56. The lowest BCUT2D eigenvalue weighted by atomic mass is 10.2. The lowest BCUT2D eigenvalue weighted by Gasteiger charge is -2.36. The molecule has 0 radical (unpaired) electrons. The molecular weight excluding hydrogens is 443 g/mol. The van der Waals surface area contributed by atoms with Gasteiger partial charge >= 0.3 is 0 Å². The molecule has 1 saturated heterocycles. The second kappa shape index (κ2) is 8.52. The summed E-state index contributed by atoms with van der Waals surface area (Å²) in [5, 5.41) is 19.9. The van der Waals surface area contributed by atoms with Crippen molar-refractivity contribution in [3.63, 3.8) is 0 Å². The summed E-state index contributed by atoms with van der Waals surface area (Å²) in [5.41, 5.74) is 2.20. The maximum atomic E-state index is 13.0. The highest BCUT2D eigenvalue weighted by Crippen LogP contribution is 2.30. The number of hydrogen-bond donors (Lipinski definition) is 0. The first kappa shape index (κ1) is 21.1. The molecule has 11 heteroatoms. The molecule has 3 aromatic rings. The van der Waals surface area contributed by atoms with Crippen molar-refractivity contribution in [2.45, 2.75) is 6.92 Å². The number of benzene rings is 2. The van der Waals surface area contributed by atoms with Crippen LogP contribution < -0.4 is 4.90 Å². The van der Waals surface area contributed by atoms with E-state index < -0.39 is 4.92 Å². The van der Waals surface area contributed by atoms with Crippen LogP contribution in [0.2, 0.25) is 10.0 Å². The van der Waals surface area contributed by atoms with Gasteiger partial charge < -0.3 is 9.80 Å². The fourth-order valence-electron chi connectivity index (χ4n) is 3.55. The van der Waals surface area contributed by atoms with Crippen LogP contribution in [0.1, 0.15) is 16.2 Å². The number of carbonyl (C=O) groups is 1. The Kier molecular flexibility index (Phi) is 5.79. The van der Waals surface area contributed by atoms with Gasteiger partial charge in [-0.15, -0.1) is 5.10 Å². The highest BCUT2D eigenvalue weighted by molar-refractivity contribution is 6.33. The number of piperazine rings is 1. The Morgan fingerprint density at radius 1 is 1.03 bits per heavy atom. The standard InChI is InChI=1S/C20H18Cl2N6O3/c1-13-19(23-24-27(13)18-5-3-2-4-15(18)21)20(29)26-10-8-25(9-11-26)17-7-6-14(28(30)31)12-16(17)22/h2-7,12H,8-11H2,1H3. The molecular formula is C20H18Cl2N6O3. The highest BCUT2D eigenvalue weighted by Gasteiger charge is 2.27.